The molecule has 0 bridgehead atoms. The first-order chi connectivity index (χ1) is 7.68. The van der Waals surface area contributed by atoms with E-state index in [1.807, 2.05) is 0 Å². The lowest BCUT2D eigenvalue weighted by Crippen LogP contribution is -2.54. The Balaban J connectivity index is 2.16. The van der Waals surface area contributed by atoms with Gasteiger partial charge in [0.25, 0.3) is 0 Å². The molecule has 16 heavy (non-hydrogen) atoms. The standard InChI is InChI=1S/C10H13N3O3/c14-8-2-1-3-12-9(8)13-5-4-11-7(6-13)10(15)16/h1-3,7,11,14H,4-6H2,(H,15,16)/t7-/m0/s1. The van der Waals surface area contributed by atoms with Crippen molar-refractivity contribution in [3.63, 3.8) is 0 Å². The van der Waals surface area contributed by atoms with Crippen molar-refractivity contribution in [2.24, 2.45) is 0 Å². The molecule has 1 aromatic rings. The lowest BCUT2D eigenvalue weighted by Gasteiger charge is -2.32. The molecule has 86 valence electrons. The van der Waals surface area contributed by atoms with Gasteiger partial charge in [0.2, 0.25) is 0 Å². The number of nitrogens with zero attached hydrogens (tertiary/aromatic N) is 2. The average molecular weight is 223 g/mol. The molecule has 0 spiro atoms. The second-order valence-electron chi connectivity index (χ2n) is 3.64. The highest BCUT2D eigenvalue weighted by Gasteiger charge is 2.26. The van der Waals surface area contributed by atoms with E-state index >= 15 is 0 Å². The van der Waals surface area contributed by atoms with Crippen LogP contribution in [0.2, 0.25) is 0 Å². The summed E-state index contributed by atoms with van der Waals surface area (Å²) in [5, 5.41) is 21.4. The summed E-state index contributed by atoms with van der Waals surface area (Å²) in [6.07, 6.45) is 1.58. The maximum atomic E-state index is 10.8. The van der Waals surface area contributed by atoms with Crippen LogP contribution >= 0.6 is 0 Å². The number of carbonyl (C=O) groups is 1. The van der Waals surface area contributed by atoms with Gasteiger partial charge in [-0.3, -0.25) is 4.79 Å². The molecule has 0 radical (unpaired) electrons. The molecule has 6 heteroatoms. The van der Waals surface area contributed by atoms with Gasteiger partial charge < -0.3 is 20.4 Å². The third-order valence-corrected chi connectivity index (χ3v) is 2.54. The van der Waals surface area contributed by atoms with Crippen LogP contribution in [0.5, 0.6) is 5.75 Å². The normalized spacial score (nSPS) is 20.8. The van der Waals surface area contributed by atoms with E-state index in [1.54, 1.807) is 23.2 Å². The quantitative estimate of drug-likeness (QED) is 0.635. The van der Waals surface area contributed by atoms with Gasteiger partial charge in [-0.05, 0) is 12.1 Å². The van der Waals surface area contributed by atoms with Crippen molar-refractivity contribution in [3.8, 4) is 5.75 Å². The summed E-state index contributed by atoms with van der Waals surface area (Å²) in [5.74, 6) is -0.371. The summed E-state index contributed by atoms with van der Waals surface area (Å²) in [4.78, 5) is 16.7. The SMILES string of the molecule is O=C(O)[C@@H]1CN(c2ncccc2O)CCN1. The highest BCUT2D eigenvalue weighted by atomic mass is 16.4. The zero-order valence-electron chi connectivity index (χ0n) is 8.63. The molecule has 6 nitrogen and oxygen atoms in total. The first kappa shape index (κ1) is 10.7. The van der Waals surface area contributed by atoms with Crippen molar-refractivity contribution < 1.29 is 15.0 Å². The Kier molecular flexibility index (Phi) is 2.91. The van der Waals surface area contributed by atoms with Gasteiger partial charge in [-0.25, -0.2) is 4.98 Å². The highest BCUT2D eigenvalue weighted by molar-refractivity contribution is 5.75. The first-order valence-corrected chi connectivity index (χ1v) is 5.03. The predicted octanol–water partition coefficient (Wildman–Crippen LogP) is -0.350. The van der Waals surface area contributed by atoms with Crippen LogP contribution in [-0.2, 0) is 4.79 Å². The van der Waals surface area contributed by atoms with Crippen molar-refractivity contribution in [2.45, 2.75) is 6.04 Å². The molecule has 1 saturated heterocycles. The van der Waals surface area contributed by atoms with Crippen LogP contribution in [0, 0.1) is 0 Å². The van der Waals surface area contributed by atoms with Crippen LogP contribution in [0.1, 0.15) is 0 Å². The second kappa shape index (κ2) is 4.36. The zero-order chi connectivity index (χ0) is 11.5. The molecule has 1 atom stereocenters. The molecule has 1 fully saturated rings. The average Bonchev–Trinajstić information content (AvgIpc) is 2.30. The maximum Gasteiger partial charge on any atom is 0.322 e. The number of carboxylic acids is 1. The fraction of sp³-hybridized carbons (Fsp3) is 0.400. The Hall–Kier alpha value is -1.82. The number of nitrogens with one attached hydrogen (secondary N) is 1. The van der Waals surface area contributed by atoms with Gasteiger partial charge in [0, 0.05) is 25.8 Å². The fourth-order valence-corrected chi connectivity index (χ4v) is 1.74. The number of aromatic hydroxyl groups is 1. The lowest BCUT2D eigenvalue weighted by atomic mass is 10.2. The molecule has 3 N–H and O–H groups in total. The summed E-state index contributed by atoms with van der Waals surface area (Å²) in [6.45, 7) is 1.50. The largest absolute Gasteiger partial charge is 0.504 e. The molecule has 0 aliphatic carbocycles. The van der Waals surface area contributed by atoms with Gasteiger partial charge in [-0.15, -0.1) is 0 Å². The fourth-order valence-electron chi connectivity index (χ4n) is 1.74. The van der Waals surface area contributed by atoms with Crippen LogP contribution in [0.3, 0.4) is 0 Å². The summed E-state index contributed by atoms with van der Waals surface area (Å²) in [7, 11) is 0. The second-order valence-corrected chi connectivity index (χ2v) is 3.64. The zero-order valence-corrected chi connectivity index (χ0v) is 8.63. The highest BCUT2D eigenvalue weighted by Crippen LogP contribution is 2.24. The van der Waals surface area contributed by atoms with Crippen LogP contribution in [-0.4, -0.2) is 46.8 Å². The number of carboxylic acid groups (broad SMARTS) is 1. The molecule has 1 aliphatic heterocycles. The number of aliphatic carboxylic acids is 1. The number of hydrogen-bond acceptors (Lipinski definition) is 5. The van der Waals surface area contributed by atoms with Crippen LogP contribution in [0.25, 0.3) is 0 Å². The van der Waals surface area contributed by atoms with E-state index in [0.29, 0.717) is 25.5 Å². The van der Waals surface area contributed by atoms with E-state index in [-0.39, 0.29) is 5.75 Å². The van der Waals surface area contributed by atoms with Crippen molar-refractivity contribution in [3.05, 3.63) is 18.3 Å². The number of rotatable bonds is 2. The Bertz CT molecular complexity index is 397. The minimum absolute atomic E-state index is 0.0774. The predicted molar refractivity (Wildman–Crippen MR) is 57.5 cm³/mol. The Morgan fingerprint density at radius 3 is 3.12 bits per heavy atom. The van der Waals surface area contributed by atoms with E-state index in [9.17, 15) is 9.90 Å². The summed E-state index contributed by atoms with van der Waals surface area (Å²) >= 11 is 0. The number of anilines is 1. The molecule has 0 unspecified atom stereocenters. The first-order valence-electron chi connectivity index (χ1n) is 5.03. The van der Waals surface area contributed by atoms with E-state index in [2.05, 4.69) is 10.3 Å². The minimum Gasteiger partial charge on any atom is -0.504 e. The van der Waals surface area contributed by atoms with Crippen molar-refractivity contribution in [1.82, 2.24) is 10.3 Å². The van der Waals surface area contributed by atoms with Crippen molar-refractivity contribution >= 4 is 11.8 Å². The third kappa shape index (κ3) is 2.06. The van der Waals surface area contributed by atoms with E-state index < -0.39 is 12.0 Å². The van der Waals surface area contributed by atoms with Gasteiger partial charge in [-0.1, -0.05) is 0 Å². The summed E-state index contributed by atoms with van der Waals surface area (Å²) in [6, 6.07) is 2.56. The van der Waals surface area contributed by atoms with E-state index in [0.717, 1.165) is 0 Å². The molecule has 1 aliphatic rings. The van der Waals surface area contributed by atoms with Crippen molar-refractivity contribution in [1.29, 1.82) is 0 Å². The van der Waals surface area contributed by atoms with Crippen molar-refractivity contribution in [2.75, 3.05) is 24.5 Å². The maximum absolute atomic E-state index is 10.8. The number of piperazine rings is 1. The molecule has 0 aromatic carbocycles. The monoisotopic (exact) mass is 223 g/mol. The summed E-state index contributed by atoms with van der Waals surface area (Å²) < 4.78 is 0. The Morgan fingerprint density at radius 1 is 1.62 bits per heavy atom. The van der Waals surface area contributed by atoms with Gasteiger partial charge in [-0.2, -0.15) is 0 Å². The smallest absolute Gasteiger partial charge is 0.322 e. The molecular formula is C10H13N3O3. The topological polar surface area (TPSA) is 85.7 Å². The number of pyridine rings is 1. The third-order valence-electron chi connectivity index (χ3n) is 2.54. The van der Waals surface area contributed by atoms with E-state index in [1.165, 1.54) is 0 Å². The van der Waals surface area contributed by atoms with Gasteiger partial charge in [0.15, 0.2) is 11.6 Å². The molecular weight excluding hydrogens is 210 g/mol. The van der Waals surface area contributed by atoms with Crippen LogP contribution < -0.4 is 10.2 Å². The number of hydrogen-bond donors (Lipinski definition) is 3. The molecule has 2 rings (SSSR count). The lowest BCUT2D eigenvalue weighted by molar-refractivity contribution is -0.139. The van der Waals surface area contributed by atoms with E-state index in [4.69, 9.17) is 5.11 Å². The molecule has 1 aromatic heterocycles. The minimum atomic E-state index is -0.889. The Morgan fingerprint density at radius 2 is 2.44 bits per heavy atom. The molecule has 0 amide bonds. The van der Waals surface area contributed by atoms with Gasteiger partial charge in [0.1, 0.15) is 6.04 Å². The summed E-state index contributed by atoms with van der Waals surface area (Å²) in [5.41, 5.74) is 0. The van der Waals surface area contributed by atoms with Crippen LogP contribution in [0.4, 0.5) is 5.82 Å². The number of aromatic nitrogens is 1. The van der Waals surface area contributed by atoms with Crippen LogP contribution in [0.15, 0.2) is 18.3 Å². The van der Waals surface area contributed by atoms with Gasteiger partial charge >= 0.3 is 5.97 Å². The molecule has 0 saturated carbocycles. The van der Waals surface area contributed by atoms with Gasteiger partial charge in [0.05, 0.1) is 0 Å². The Labute approximate surface area is 92.5 Å². The molecule has 2 heterocycles.